The molecule has 0 saturated heterocycles. The largest absolute Gasteiger partial charge is 0.383 e. The molecule has 1 aliphatic rings. The lowest BCUT2D eigenvalue weighted by molar-refractivity contribution is 0.199. The van der Waals surface area contributed by atoms with Crippen molar-refractivity contribution in [3.8, 4) is 0 Å². The molecule has 0 aromatic heterocycles. The van der Waals surface area contributed by atoms with Gasteiger partial charge in [-0.15, -0.1) is 0 Å². The zero-order valence-electron chi connectivity index (χ0n) is 10.8. The van der Waals surface area contributed by atoms with Gasteiger partial charge in [0.2, 0.25) is 0 Å². The van der Waals surface area contributed by atoms with Crippen LogP contribution in [0.2, 0.25) is 0 Å². The molecule has 5 nitrogen and oxygen atoms in total. The molecule has 1 rings (SSSR count). The summed E-state index contributed by atoms with van der Waals surface area (Å²) >= 11 is 0. The van der Waals surface area contributed by atoms with Crippen LogP contribution in [0.25, 0.3) is 0 Å². The Morgan fingerprint density at radius 1 is 1.18 bits per heavy atom. The van der Waals surface area contributed by atoms with Gasteiger partial charge in [-0.3, -0.25) is 0 Å². The van der Waals surface area contributed by atoms with Gasteiger partial charge in [0.05, 0.1) is 6.61 Å². The molecule has 0 spiro atoms. The molecule has 0 aromatic carbocycles. The summed E-state index contributed by atoms with van der Waals surface area (Å²) in [4.78, 5) is 11.5. The van der Waals surface area contributed by atoms with Crippen LogP contribution in [0.1, 0.15) is 32.1 Å². The minimum absolute atomic E-state index is 0.0366. The number of amides is 2. The summed E-state index contributed by atoms with van der Waals surface area (Å²) < 4.78 is 4.91. The van der Waals surface area contributed by atoms with E-state index in [1.54, 1.807) is 7.11 Å². The Kier molecular flexibility index (Phi) is 7.75. The fraction of sp³-hybridized carbons (Fsp3) is 0.917. The van der Waals surface area contributed by atoms with Crippen molar-refractivity contribution in [3.05, 3.63) is 0 Å². The highest BCUT2D eigenvalue weighted by Gasteiger charge is 2.14. The summed E-state index contributed by atoms with van der Waals surface area (Å²) in [7, 11) is 1.68. The maximum absolute atomic E-state index is 11.5. The van der Waals surface area contributed by atoms with Crippen LogP contribution in [-0.4, -0.2) is 45.4 Å². The first kappa shape index (κ1) is 14.3. The van der Waals surface area contributed by atoms with Gasteiger partial charge in [0.25, 0.3) is 0 Å². The molecule has 0 unspecified atom stereocenters. The molecule has 0 aromatic rings. The van der Waals surface area contributed by atoms with Crippen molar-refractivity contribution in [2.75, 3.05) is 33.4 Å². The molecular weight excluding hydrogens is 218 g/mol. The van der Waals surface area contributed by atoms with Gasteiger partial charge in [-0.2, -0.15) is 0 Å². The Labute approximate surface area is 104 Å². The standard InChI is InChI=1S/C12H25N3O2/c1-17-10-9-13-7-8-14-12(16)15-11-5-3-2-4-6-11/h11,13H,2-10H2,1H3,(H2,14,15,16). The van der Waals surface area contributed by atoms with Crippen molar-refractivity contribution in [2.45, 2.75) is 38.1 Å². The maximum Gasteiger partial charge on any atom is 0.315 e. The number of urea groups is 1. The van der Waals surface area contributed by atoms with Crippen LogP contribution in [0.15, 0.2) is 0 Å². The second kappa shape index (κ2) is 9.24. The highest BCUT2D eigenvalue weighted by molar-refractivity contribution is 5.74. The summed E-state index contributed by atoms with van der Waals surface area (Å²) in [6, 6.07) is 0.343. The van der Waals surface area contributed by atoms with Crippen molar-refractivity contribution in [3.63, 3.8) is 0 Å². The van der Waals surface area contributed by atoms with Gasteiger partial charge in [0.1, 0.15) is 0 Å². The number of carbonyl (C=O) groups is 1. The molecule has 1 fully saturated rings. The molecular formula is C12H25N3O2. The van der Waals surface area contributed by atoms with Crippen LogP contribution in [0, 0.1) is 0 Å². The average molecular weight is 243 g/mol. The quantitative estimate of drug-likeness (QED) is 0.581. The Morgan fingerprint density at radius 3 is 2.65 bits per heavy atom. The van der Waals surface area contributed by atoms with Crippen LogP contribution in [0.3, 0.4) is 0 Å². The van der Waals surface area contributed by atoms with E-state index in [2.05, 4.69) is 16.0 Å². The normalized spacial score (nSPS) is 16.8. The molecule has 0 atom stereocenters. The van der Waals surface area contributed by atoms with Gasteiger partial charge in [0.15, 0.2) is 0 Å². The molecule has 0 aliphatic heterocycles. The SMILES string of the molecule is COCCNCCNC(=O)NC1CCCCC1. The highest BCUT2D eigenvalue weighted by Crippen LogP contribution is 2.16. The molecule has 1 saturated carbocycles. The van der Waals surface area contributed by atoms with Crippen LogP contribution >= 0.6 is 0 Å². The zero-order chi connectivity index (χ0) is 12.3. The molecule has 2 amide bonds. The molecule has 100 valence electrons. The van der Waals surface area contributed by atoms with E-state index in [4.69, 9.17) is 4.74 Å². The maximum atomic E-state index is 11.5. The number of rotatable bonds is 7. The van der Waals surface area contributed by atoms with E-state index in [-0.39, 0.29) is 6.03 Å². The van der Waals surface area contributed by atoms with E-state index < -0.39 is 0 Å². The number of hydrogen-bond donors (Lipinski definition) is 3. The Balaban J connectivity index is 1.93. The van der Waals surface area contributed by atoms with Crippen molar-refractivity contribution < 1.29 is 9.53 Å². The fourth-order valence-electron chi connectivity index (χ4n) is 2.05. The minimum Gasteiger partial charge on any atom is -0.383 e. The Morgan fingerprint density at radius 2 is 1.94 bits per heavy atom. The van der Waals surface area contributed by atoms with E-state index in [9.17, 15) is 4.79 Å². The van der Waals surface area contributed by atoms with E-state index in [1.807, 2.05) is 0 Å². The van der Waals surface area contributed by atoms with Gasteiger partial charge in [-0.25, -0.2) is 4.79 Å². The summed E-state index contributed by atoms with van der Waals surface area (Å²) in [6.45, 7) is 2.96. The van der Waals surface area contributed by atoms with Gasteiger partial charge in [-0.05, 0) is 12.8 Å². The fourth-order valence-corrected chi connectivity index (χ4v) is 2.05. The second-order valence-corrected chi connectivity index (χ2v) is 4.48. The molecule has 17 heavy (non-hydrogen) atoms. The third-order valence-electron chi connectivity index (χ3n) is 3.01. The van der Waals surface area contributed by atoms with Gasteiger partial charge in [-0.1, -0.05) is 19.3 Å². The lowest BCUT2D eigenvalue weighted by Gasteiger charge is -2.22. The highest BCUT2D eigenvalue weighted by atomic mass is 16.5. The number of hydrogen-bond acceptors (Lipinski definition) is 3. The van der Waals surface area contributed by atoms with Crippen LogP contribution in [-0.2, 0) is 4.74 Å². The monoisotopic (exact) mass is 243 g/mol. The molecule has 0 bridgehead atoms. The topological polar surface area (TPSA) is 62.4 Å². The number of carbonyl (C=O) groups excluding carboxylic acids is 1. The Bertz CT molecular complexity index is 206. The van der Waals surface area contributed by atoms with Crippen LogP contribution in [0.5, 0.6) is 0 Å². The Hall–Kier alpha value is -0.810. The zero-order valence-corrected chi connectivity index (χ0v) is 10.8. The van der Waals surface area contributed by atoms with Crippen LogP contribution < -0.4 is 16.0 Å². The van der Waals surface area contributed by atoms with Gasteiger partial charge >= 0.3 is 6.03 Å². The summed E-state index contributed by atoms with van der Waals surface area (Å²) in [5, 5.41) is 9.05. The number of ether oxygens (including phenoxy) is 1. The lowest BCUT2D eigenvalue weighted by atomic mass is 9.96. The van der Waals surface area contributed by atoms with E-state index in [0.717, 1.165) is 25.9 Å². The number of nitrogens with one attached hydrogen (secondary N) is 3. The van der Waals surface area contributed by atoms with Crippen LogP contribution in [0.4, 0.5) is 4.79 Å². The summed E-state index contributed by atoms with van der Waals surface area (Å²) in [5.74, 6) is 0. The lowest BCUT2D eigenvalue weighted by Crippen LogP contribution is -2.44. The van der Waals surface area contributed by atoms with Gasteiger partial charge in [0, 0.05) is 32.8 Å². The first-order chi connectivity index (χ1) is 8.33. The van der Waals surface area contributed by atoms with E-state index in [1.165, 1.54) is 19.3 Å². The van der Waals surface area contributed by atoms with E-state index >= 15 is 0 Å². The van der Waals surface area contributed by atoms with Crippen molar-refractivity contribution in [1.29, 1.82) is 0 Å². The smallest absolute Gasteiger partial charge is 0.315 e. The van der Waals surface area contributed by atoms with Gasteiger partial charge < -0.3 is 20.7 Å². The first-order valence-electron chi connectivity index (χ1n) is 6.57. The minimum atomic E-state index is -0.0366. The third-order valence-corrected chi connectivity index (χ3v) is 3.01. The molecule has 0 radical (unpaired) electrons. The molecule has 3 N–H and O–H groups in total. The predicted octanol–water partition coefficient (Wildman–Crippen LogP) is 0.854. The first-order valence-corrected chi connectivity index (χ1v) is 6.57. The van der Waals surface area contributed by atoms with E-state index in [0.29, 0.717) is 19.2 Å². The van der Waals surface area contributed by atoms with Crippen molar-refractivity contribution >= 4 is 6.03 Å². The predicted molar refractivity (Wildman–Crippen MR) is 68.2 cm³/mol. The second-order valence-electron chi connectivity index (χ2n) is 4.48. The summed E-state index contributed by atoms with van der Waals surface area (Å²) in [6.07, 6.45) is 6.04. The van der Waals surface area contributed by atoms with Crippen molar-refractivity contribution in [1.82, 2.24) is 16.0 Å². The summed E-state index contributed by atoms with van der Waals surface area (Å²) in [5.41, 5.74) is 0. The average Bonchev–Trinajstić information content (AvgIpc) is 2.35. The molecule has 0 heterocycles. The third kappa shape index (κ3) is 7.18. The van der Waals surface area contributed by atoms with Crippen molar-refractivity contribution in [2.24, 2.45) is 0 Å². The molecule has 5 heteroatoms. The molecule has 1 aliphatic carbocycles. The number of methoxy groups -OCH3 is 1.